The summed E-state index contributed by atoms with van der Waals surface area (Å²) in [5, 5.41) is 8.93. The molecule has 0 spiro atoms. The van der Waals surface area contributed by atoms with Gasteiger partial charge in [0, 0.05) is 19.5 Å². The average molecular weight is 373 g/mol. The molecule has 0 radical (unpaired) electrons. The van der Waals surface area contributed by atoms with E-state index in [1.54, 1.807) is 0 Å². The Hall–Kier alpha value is -2.76. The summed E-state index contributed by atoms with van der Waals surface area (Å²) in [4.78, 5) is 25.0. The van der Waals surface area contributed by atoms with E-state index < -0.39 is 17.6 Å². The summed E-state index contributed by atoms with van der Waals surface area (Å²) in [7, 11) is 0. The van der Waals surface area contributed by atoms with E-state index in [0.717, 1.165) is 18.6 Å². The Morgan fingerprint density at radius 2 is 1.81 bits per heavy atom. The second kappa shape index (κ2) is 8.29. The molecule has 2 aromatic carbocycles. The summed E-state index contributed by atoms with van der Waals surface area (Å²) >= 11 is 0. The van der Waals surface area contributed by atoms with Crippen LogP contribution in [-0.4, -0.2) is 28.4 Å². The molecule has 2 atom stereocenters. The van der Waals surface area contributed by atoms with Crippen LogP contribution in [0.1, 0.15) is 36.3 Å². The van der Waals surface area contributed by atoms with E-state index in [2.05, 4.69) is 0 Å². The molecule has 4 nitrogen and oxygen atoms in total. The number of hydrogen-bond acceptors (Lipinski definition) is 2. The van der Waals surface area contributed by atoms with Crippen molar-refractivity contribution in [3.8, 4) is 0 Å². The molecular formula is C21H21F2NO3. The lowest BCUT2D eigenvalue weighted by Crippen LogP contribution is -2.33. The summed E-state index contributed by atoms with van der Waals surface area (Å²) in [6.45, 7) is 0.0991. The highest BCUT2D eigenvalue weighted by Crippen LogP contribution is 2.49. The first-order chi connectivity index (χ1) is 12.9. The SMILES string of the molecule is O=C(O)CCN(Cc1ccc(F)c(F)c1)C(=O)C[C@@H]1C[C@H]1c1ccccc1. The molecule has 1 amide bonds. The van der Waals surface area contributed by atoms with Gasteiger partial charge < -0.3 is 10.0 Å². The van der Waals surface area contributed by atoms with Crippen LogP contribution < -0.4 is 0 Å². The lowest BCUT2D eigenvalue weighted by molar-refractivity contribution is -0.138. The molecule has 1 N–H and O–H groups in total. The van der Waals surface area contributed by atoms with Crippen LogP contribution in [0.3, 0.4) is 0 Å². The fourth-order valence-corrected chi connectivity index (χ4v) is 3.32. The van der Waals surface area contributed by atoms with Gasteiger partial charge in [0.2, 0.25) is 5.91 Å². The first-order valence-electron chi connectivity index (χ1n) is 8.92. The Labute approximate surface area is 156 Å². The second-order valence-electron chi connectivity index (χ2n) is 6.92. The van der Waals surface area contributed by atoms with E-state index >= 15 is 0 Å². The highest BCUT2D eigenvalue weighted by atomic mass is 19.2. The smallest absolute Gasteiger partial charge is 0.305 e. The fourth-order valence-electron chi connectivity index (χ4n) is 3.32. The second-order valence-corrected chi connectivity index (χ2v) is 6.92. The molecule has 1 saturated carbocycles. The summed E-state index contributed by atoms with van der Waals surface area (Å²) in [5.41, 5.74) is 1.64. The van der Waals surface area contributed by atoms with Crippen molar-refractivity contribution in [3.05, 3.63) is 71.3 Å². The highest BCUT2D eigenvalue weighted by molar-refractivity contribution is 5.78. The van der Waals surface area contributed by atoms with Gasteiger partial charge in [-0.2, -0.15) is 0 Å². The maximum Gasteiger partial charge on any atom is 0.305 e. The Balaban J connectivity index is 1.64. The van der Waals surface area contributed by atoms with Gasteiger partial charge in [0.05, 0.1) is 6.42 Å². The molecule has 0 bridgehead atoms. The van der Waals surface area contributed by atoms with Crippen LogP contribution in [0.4, 0.5) is 8.78 Å². The van der Waals surface area contributed by atoms with Gasteiger partial charge in [-0.05, 0) is 41.5 Å². The Morgan fingerprint density at radius 1 is 1.07 bits per heavy atom. The number of nitrogens with zero attached hydrogens (tertiary/aromatic N) is 1. The molecule has 0 heterocycles. The third kappa shape index (κ3) is 5.12. The van der Waals surface area contributed by atoms with Crippen molar-refractivity contribution in [2.45, 2.75) is 31.7 Å². The largest absolute Gasteiger partial charge is 0.481 e. The van der Waals surface area contributed by atoms with Crippen LogP contribution in [0.25, 0.3) is 0 Å². The topological polar surface area (TPSA) is 57.6 Å². The number of aliphatic carboxylic acids is 1. The van der Waals surface area contributed by atoms with Gasteiger partial charge in [0.15, 0.2) is 11.6 Å². The third-order valence-corrected chi connectivity index (χ3v) is 4.89. The zero-order chi connectivity index (χ0) is 19.4. The quantitative estimate of drug-likeness (QED) is 0.762. The number of hydrogen-bond donors (Lipinski definition) is 1. The summed E-state index contributed by atoms with van der Waals surface area (Å²) in [6.07, 6.45) is 1.05. The molecule has 0 unspecified atom stereocenters. The van der Waals surface area contributed by atoms with Crippen molar-refractivity contribution in [1.29, 1.82) is 0 Å². The molecule has 0 aliphatic heterocycles. The molecule has 6 heteroatoms. The number of carbonyl (C=O) groups excluding carboxylic acids is 1. The molecule has 1 fully saturated rings. The summed E-state index contributed by atoms with van der Waals surface area (Å²) in [5.74, 6) is -2.52. The summed E-state index contributed by atoms with van der Waals surface area (Å²) < 4.78 is 26.5. The molecular weight excluding hydrogens is 352 g/mol. The van der Waals surface area contributed by atoms with Gasteiger partial charge in [0.25, 0.3) is 0 Å². The minimum Gasteiger partial charge on any atom is -0.481 e. The molecule has 2 aromatic rings. The van der Waals surface area contributed by atoms with Gasteiger partial charge in [0.1, 0.15) is 0 Å². The van der Waals surface area contributed by atoms with Gasteiger partial charge in [-0.15, -0.1) is 0 Å². The Morgan fingerprint density at radius 3 is 2.48 bits per heavy atom. The average Bonchev–Trinajstić information content (AvgIpc) is 3.41. The molecule has 27 heavy (non-hydrogen) atoms. The van der Waals surface area contributed by atoms with Crippen LogP contribution in [0.2, 0.25) is 0 Å². The normalized spacial score (nSPS) is 18.1. The minimum absolute atomic E-state index is 0.0376. The number of carbonyl (C=O) groups is 2. The van der Waals surface area contributed by atoms with Crippen molar-refractivity contribution < 1.29 is 23.5 Å². The molecule has 0 saturated heterocycles. The molecule has 1 aliphatic carbocycles. The Bertz CT molecular complexity index is 825. The van der Waals surface area contributed by atoms with E-state index in [1.165, 1.54) is 16.5 Å². The predicted octanol–water partition coefficient (Wildman–Crippen LogP) is 3.96. The van der Waals surface area contributed by atoms with Gasteiger partial charge in [-0.1, -0.05) is 36.4 Å². The minimum atomic E-state index is -1.01. The van der Waals surface area contributed by atoms with Crippen molar-refractivity contribution in [2.24, 2.45) is 5.92 Å². The van der Waals surface area contributed by atoms with Crippen molar-refractivity contribution in [2.75, 3.05) is 6.54 Å². The number of carboxylic acid groups (broad SMARTS) is 1. The standard InChI is InChI=1S/C21H21F2NO3/c22-18-7-6-14(10-19(18)23)13-24(9-8-21(26)27)20(25)12-16-11-17(16)15-4-2-1-3-5-15/h1-7,10,16-17H,8-9,11-13H2,(H,26,27)/t16-,17-/m0/s1. The number of rotatable bonds is 8. The van der Waals surface area contributed by atoms with E-state index in [-0.39, 0.29) is 31.3 Å². The fraction of sp³-hybridized carbons (Fsp3) is 0.333. The molecule has 1 aliphatic rings. The van der Waals surface area contributed by atoms with Crippen LogP contribution >= 0.6 is 0 Å². The maximum atomic E-state index is 13.4. The van der Waals surface area contributed by atoms with E-state index in [9.17, 15) is 18.4 Å². The van der Waals surface area contributed by atoms with Gasteiger partial charge >= 0.3 is 5.97 Å². The van der Waals surface area contributed by atoms with Crippen LogP contribution in [0.15, 0.2) is 48.5 Å². The van der Waals surface area contributed by atoms with E-state index in [0.29, 0.717) is 17.9 Å². The lowest BCUT2D eigenvalue weighted by Gasteiger charge is -2.22. The monoisotopic (exact) mass is 373 g/mol. The van der Waals surface area contributed by atoms with Crippen LogP contribution in [-0.2, 0) is 16.1 Å². The van der Waals surface area contributed by atoms with Gasteiger partial charge in [-0.3, -0.25) is 9.59 Å². The molecule has 3 rings (SSSR count). The number of amides is 1. The molecule has 0 aromatic heterocycles. The summed E-state index contributed by atoms with van der Waals surface area (Å²) in [6, 6.07) is 13.4. The molecule has 142 valence electrons. The first kappa shape index (κ1) is 19.0. The van der Waals surface area contributed by atoms with Crippen molar-refractivity contribution >= 4 is 11.9 Å². The van der Waals surface area contributed by atoms with Crippen molar-refractivity contribution in [1.82, 2.24) is 4.90 Å². The lowest BCUT2D eigenvalue weighted by atomic mass is 10.1. The van der Waals surface area contributed by atoms with E-state index in [4.69, 9.17) is 5.11 Å². The number of carboxylic acids is 1. The number of benzene rings is 2. The van der Waals surface area contributed by atoms with Crippen molar-refractivity contribution in [3.63, 3.8) is 0 Å². The van der Waals surface area contributed by atoms with Crippen LogP contribution in [0.5, 0.6) is 0 Å². The third-order valence-electron chi connectivity index (χ3n) is 4.89. The number of halogens is 2. The Kier molecular flexibility index (Phi) is 5.84. The zero-order valence-corrected chi connectivity index (χ0v) is 14.8. The first-order valence-corrected chi connectivity index (χ1v) is 8.92. The van der Waals surface area contributed by atoms with E-state index in [1.807, 2.05) is 30.3 Å². The van der Waals surface area contributed by atoms with Gasteiger partial charge in [-0.25, -0.2) is 8.78 Å². The predicted molar refractivity (Wildman–Crippen MR) is 95.9 cm³/mol. The maximum absolute atomic E-state index is 13.4. The highest BCUT2D eigenvalue weighted by Gasteiger charge is 2.40. The zero-order valence-electron chi connectivity index (χ0n) is 14.8. The van der Waals surface area contributed by atoms with Crippen LogP contribution in [0, 0.1) is 17.6 Å².